The van der Waals surface area contributed by atoms with Crippen LogP contribution in [0.4, 0.5) is 5.69 Å². The van der Waals surface area contributed by atoms with Gasteiger partial charge in [0.15, 0.2) is 11.4 Å². The molecule has 1 atom stereocenters. The molecule has 0 bridgehead atoms. The molecule has 9 heteroatoms. The molecule has 1 aromatic heterocycles. The molecule has 3 rings (SSSR count). The lowest BCUT2D eigenvalue weighted by atomic mass is 10.1. The third kappa shape index (κ3) is 5.14. The number of carbonyl (C=O) groups is 2. The number of rotatable bonds is 4. The fraction of sp³-hybridized carbons (Fsp3) is 0.294. The number of piperidine rings is 1. The molecule has 1 saturated heterocycles. The molecule has 1 aliphatic heterocycles. The highest BCUT2D eigenvalue weighted by molar-refractivity contribution is 6.30. The smallest absolute Gasteiger partial charge is 0.276 e. The lowest BCUT2D eigenvalue weighted by Crippen LogP contribution is -2.46. The van der Waals surface area contributed by atoms with Crippen molar-refractivity contribution in [1.29, 1.82) is 0 Å². The highest BCUT2D eigenvalue weighted by atomic mass is 35.5. The van der Waals surface area contributed by atoms with Crippen LogP contribution < -0.4 is 16.0 Å². The molecule has 1 fully saturated rings. The first-order chi connectivity index (χ1) is 12.1. The summed E-state index contributed by atoms with van der Waals surface area (Å²) in [5.41, 5.74) is 0.557. The number of hydrogen-bond donors (Lipinski definition) is 3. The zero-order valence-electron chi connectivity index (χ0n) is 13.9. The van der Waals surface area contributed by atoms with Gasteiger partial charge >= 0.3 is 0 Å². The minimum Gasteiger partial charge on any atom is -0.347 e. The summed E-state index contributed by atoms with van der Waals surface area (Å²) in [5.74, 6) is -0.898. The predicted molar refractivity (Wildman–Crippen MR) is 102 cm³/mol. The van der Waals surface area contributed by atoms with Gasteiger partial charge in [-0.2, -0.15) is 0 Å². The van der Waals surface area contributed by atoms with Crippen LogP contribution in [0.2, 0.25) is 5.02 Å². The van der Waals surface area contributed by atoms with Crippen molar-refractivity contribution in [3.63, 3.8) is 0 Å². The second kappa shape index (κ2) is 9.47. The van der Waals surface area contributed by atoms with Crippen molar-refractivity contribution in [2.45, 2.75) is 18.9 Å². The van der Waals surface area contributed by atoms with Gasteiger partial charge in [0.2, 0.25) is 0 Å². The van der Waals surface area contributed by atoms with Crippen molar-refractivity contribution in [3.05, 3.63) is 53.1 Å². The van der Waals surface area contributed by atoms with Gasteiger partial charge in [-0.3, -0.25) is 9.59 Å². The summed E-state index contributed by atoms with van der Waals surface area (Å²) in [6.45, 7) is 1.66. The molecule has 0 aliphatic carbocycles. The molecule has 2 aromatic rings. The Balaban J connectivity index is 0.00000243. The van der Waals surface area contributed by atoms with E-state index in [2.05, 4.69) is 25.9 Å². The van der Waals surface area contributed by atoms with E-state index in [1.807, 2.05) is 0 Å². The van der Waals surface area contributed by atoms with Gasteiger partial charge in [-0.15, -0.1) is 12.4 Å². The number of halogens is 2. The number of anilines is 1. The second-order valence-corrected chi connectivity index (χ2v) is 6.17. The zero-order valence-corrected chi connectivity index (χ0v) is 15.4. The SMILES string of the molecule is Cl.O=C(Nc1ccc(Cl)cc1)c1nccnc1C(=O)N[C@H]1CCCNC1. The van der Waals surface area contributed by atoms with E-state index in [4.69, 9.17) is 11.6 Å². The van der Waals surface area contributed by atoms with Crippen LogP contribution in [-0.2, 0) is 0 Å². The standard InChI is InChI=1S/C17H18ClN5O2.ClH/c18-11-3-5-12(6-4-11)22-16(24)14-15(21-9-8-20-14)17(25)23-13-2-1-7-19-10-13;/h3-6,8-9,13,19H,1-2,7,10H2,(H,22,24)(H,23,25);1H/t13-;/m0./s1. The average Bonchev–Trinajstić information content (AvgIpc) is 2.64. The van der Waals surface area contributed by atoms with Crippen LogP contribution in [0.5, 0.6) is 0 Å². The van der Waals surface area contributed by atoms with Gasteiger partial charge in [-0.25, -0.2) is 9.97 Å². The summed E-state index contributed by atoms with van der Waals surface area (Å²) in [6.07, 6.45) is 4.67. The van der Waals surface area contributed by atoms with Gasteiger partial charge in [0.1, 0.15) is 0 Å². The summed E-state index contributed by atoms with van der Waals surface area (Å²) < 4.78 is 0. The van der Waals surface area contributed by atoms with Crippen LogP contribution >= 0.6 is 24.0 Å². The zero-order chi connectivity index (χ0) is 17.6. The average molecular weight is 396 g/mol. The number of nitrogens with zero attached hydrogens (tertiary/aromatic N) is 2. The number of benzene rings is 1. The van der Waals surface area contributed by atoms with E-state index < -0.39 is 11.8 Å². The molecule has 3 N–H and O–H groups in total. The predicted octanol–water partition coefficient (Wildman–Crippen LogP) is 2.29. The van der Waals surface area contributed by atoms with Crippen molar-refractivity contribution in [2.24, 2.45) is 0 Å². The summed E-state index contributed by atoms with van der Waals surface area (Å²) >= 11 is 5.83. The van der Waals surface area contributed by atoms with Gasteiger partial charge in [-0.05, 0) is 43.7 Å². The van der Waals surface area contributed by atoms with Gasteiger partial charge < -0.3 is 16.0 Å². The molecule has 7 nitrogen and oxygen atoms in total. The highest BCUT2D eigenvalue weighted by Gasteiger charge is 2.23. The largest absolute Gasteiger partial charge is 0.347 e. The molecule has 26 heavy (non-hydrogen) atoms. The summed E-state index contributed by atoms with van der Waals surface area (Å²) in [6, 6.07) is 6.69. The van der Waals surface area contributed by atoms with Crippen LogP contribution in [0.3, 0.4) is 0 Å². The monoisotopic (exact) mass is 395 g/mol. The fourth-order valence-electron chi connectivity index (χ4n) is 2.62. The molecule has 1 aromatic carbocycles. The Bertz CT molecular complexity index is 764. The normalized spacial score (nSPS) is 16.3. The first-order valence-corrected chi connectivity index (χ1v) is 8.41. The van der Waals surface area contributed by atoms with Crippen LogP contribution in [0, 0.1) is 0 Å². The summed E-state index contributed by atoms with van der Waals surface area (Å²) in [5, 5.41) is 9.39. The number of amides is 2. The van der Waals surface area contributed by atoms with Crippen molar-refractivity contribution in [1.82, 2.24) is 20.6 Å². The molecule has 138 valence electrons. The van der Waals surface area contributed by atoms with Crippen molar-refractivity contribution < 1.29 is 9.59 Å². The van der Waals surface area contributed by atoms with Crippen LogP contribution in [0.1, 0.15) is 33.8 Å². The first kappa shape index (κ1) is 20.1. The Kier molecular flexibility index (Phi) is 7.32. The maximum Gasteiger partial charge on any atom is 0.276 e. The fourth-order valence-corrected chi connectivity index (χ4v) is 2.75. The molecular formula is C17H19Cl2N5O2. The minimum atomic E-state index is -0.498. The Morgan fingerprint density at radius 1 is 1.08 bits per heavy atom. The van der Waals surface area contributed by atoms with Crippen LogP contribution in [-0.4, -0.2) is 40.9 Å². The van der Waals surface area contributed by atoms with Gasteiger partial charge in [0.25, 0.3) is 11.8 Å². The molecule has 2 amide bonds. The van der Waals surface area contributed by atoms with E-state index in [0.717, 1.165) is 19.4 Å². The first-order valence-electron chi connectivity index (χ1n) is 8.03. The highest BCUT2D eigenvalue weighted by Crippen LogP contribution is 2.15. The molecule has 1 aliphatic rings. The van der Waals surface area contributed by atoms with Crippen LogP contribution in [0.25, 0.3) is 0 Å². The third-order valence-electron chi connectivity index (χ3n) is 3.86. The van der Waals surface area contributed by atoms with Gasteiger partial charge in [0, 0.05) is 35.7 Å². The lowest BCUT2D eigenvalue weighted by molar-refractivity contribution is 0.0912. The Hall–Kier alpha value is -2.22. The summed E-state index contributed by atoms with van der Waals surface area (Å²) in [7, 11) is 0. The van der Waals surface area contributed by atoms with E-state index in [1.54, 1.807) is 24.3 Å². The molecule has 0 saturated carbocycles. The lowest BCUT2D eigenvalue weighted by Gasteiger charge is -2.23. The number of aromatic nitrogens is 2. The second-order valence-electron chi connectivity index (χ2n) is 5.73. The third-order valence-corrected chi connectivity index (χ3v) is 4.11. The van der Waals surface area contributed by atoms with Crippen molar-refractivity contribution in [3.8, 4) is 0 Å². The van der Waals surface area contributed by atoms with Gasteiger partial charge in [0.05, 0.1) is 0 Å². The molecule has 0 radical (unpaired) electrons. The quantitative estimate of drug-likeness (QED) is 0.737. The van der Waals surface area contributed by atoms with Crippen LogP contribution in [0.15, 0.2) is 36.7 Å². The Labute approximate surface area is 162 Å². The number of hydrogen-bond acceptors (Lipinski definition) is 5. The van der Waals surface area contributed by atoms with E-state index in [-0.39, 0.29) is 29.8 Å². The molecule has 2 heterocycles. The number of carbonyl (C=O) groups excluding carboxylic acids is 2. The maximum absolute atomic E-state index is 12.5. The van der Waals surface area contributed by atoms with E-state index in [9.17, 15) is 9.59 Å². The van der Waals surface area contributed by atoms with Crippen molar-refractivity contribution in [2.75, 3.05) is 18.4 Å². The minimum absolute atomic E-state index is 0. The molecule has 0 spiro atoms. The topological polar surface area (TPSA) is 96.0 Å². The van der Waals surface area contributed by atoms with E-state index >= 15 is 0 Å². The Morgan fingerprint density at radius 2 is 1.73 bits per heavy atom. The Morgan fingerprint density at radius 3 is 2.35 bits per heavy atom. The van der Waals surface area contributed by atoms with Gasteiger partial charge in [-0.1, -0.05) is 11.6 Å². The summed E-state index contributed by atoms with van der Waals surface area (Å²) in [4.78, 5) is 33.0. The molecular weight excluding hydrogens is 377 g/mol. The number of nitrogens with one attached hydrogen (secondary N) is 3. The molecule has 0 unspecified atom stereocenters. The van der Waals surface area contributed by atoms with E-state index in [0.29, 0.717) is 17.3 Å². The van der Waals surface area contributed by atoms with E-state index in [1.165, 1.54) is 12.4 Å². The maximum atomic E-state index is 12.5. The van der Waals surface area contributed by atoms with Crippen molar-refractivity contribution >= 4 is 41.5 Å².